The number of hydrogen-bond donors (Lipinski definition) is 0. The van der Waals surface area contributed by atoms with Crippen LogP contribution in [0.2, 0.25) is 0 Å². The third kappa shape index (κ3) is 4.28. The summed E-state index contributed by atoms with van der Waals surface area (Å²) in [6, 6.07) is 20.1. The van der Waals surface area contributed by atoms with Gasteiger partial charge in [-0.05, 0) is 68.3 Å². The van der Waals surface area contributed by atoms with Crippen molar-refractivity contribution in [1.29, 1.82) is 0 Å². The highest BCUT2D eigenvalue weighted by Gasteiger charge is 2.28. The number of Topliss-reactive ketones (excluding diaryl/α,β-unsaturated/α-hetero) is 1. The summed E-state index contributed by atoms with van der Waals surface area (Å²) in [5.41, 5.74) is 3.80. The first-order chi connectivity index (χ1) is 15.5. The molecule has 0 amide bonds. The maximum absolute atomic E-state index is 12.8. The molecule has 5 nitrogen and oxygen atoms in total. The molecule has 1 heterocycles. The Balaban J connectivity index is 1.51. The number of esters is 1. The topological polar surface area (TPSA) is 55.8 Å². The number of allylic oxidation sites excluding steroid dienone is 1. The van der Waals surface area contributed by atoms with Gasteiger partial charge < -0.3 is 14.4 Å². The highest BCUT2D eigenvalue weighted by molar-refractivity contribution is 6.14. The Morgan fingerprint density at radius 2 is 1.72 bits per heavy atom. The molecule has 0 saturated carbocycles. The van der Waals surface area contributed by atoms with Gasteiger partial charge in [0.15, 0.2) is 5.76 Å². The molecule has 1 aliphatic rings. The zero-order valence-corrected chi connectivity index (χ0v) is 18.4. The molecule has 0 aliphatic carbocycles. The van der Waals surface area contributed by atoms with E-state index >= 15 is 0 Å². The van der Waals surface area contributed by atoms with Gasteiger partial charge in [0, 0.05) is 24.8 Å². The molecule has 0 fully saturated rings. The fourth-order valence-corrected chi connectivity index (χ4v) is 3.72. The van der Waals surface area contributed by atoms with Crippen LogP contribution < -0.4 is 14.4 Å². The first-order valence-electron chi connectivity index (χ1n) is 10.7. The summed E-state index contributed by atoms with van der Waals surface area (Å²) in [5.74, 6) is 0.324. The highest BCUT2D eigenvalue weighted by Crippen LogP contribution is 2.35. The van der Waals surface area contributed by atoms with Crippen LogP contribution in [-0.2, 0) is 0 Å². The van der Waals surface area contributed by atoms with Crippen molar-refractivity contribution in [1.82, 2.24) is 0 Å². The summed E-state index contributed by atoms with van der Waals surface area (Å²) in [4.78, 5) is 27.5. The molecule has 0 aromatic heterocycles. The number of ether oxygens (including phenoxy) is 2. The smallest absolute Gasteiger partial charge is 0.343 e. The minimum absolute atomic E-state index is 0.190. The summed E-state index contributed by atoms with van der Waals surface area (Å²) < 4.78 is 11.3. The molecule has 0 spiro atoms. The van der Waals surface area contributed by atoms with E-state index in [-0.39, 0.29) is 11.5 Å². The number of hydrogen-bond acceptors (Lipinski definition) is 5. The Labute approximate surface area is 187 Å². The Morgan fingerprint density at radius 3 is 2.41 bits per heavy atom. The first kappa shape index (κ1) is 21.4. The predicted molar refractivity (Wildman–Crippen MR) is 126 cm³/mol. The summed E-state index contributed by atoms with van der Waals surface area (Å²) >= 11 is 0. The van der Waals surface area contributed by atoms with Gasteiger partial charge in [0.25, 0.3) is 0 Å². The van der Waals surface area contributed by atoms with Gasteiger partial charge in [-0.3, -0.25) is 4.79 Å². The summed E-state index contributed by atoms with van der Waals surface area (Å²) in [6.07, 6.45) is 1.73. The van der Waals surface area contributed by atoms with Gasteiger partial charge in [0.05, 0.1) is 11.1 Å². The van der Waals surface area contributed by atoms with Gasteiger partial charge in [0.2, 0.25) is 5.78 Å². The lowest BCUT2D eigenvalue weighted by Crippen LogP contribution is -2.21. The molecule has 3 aromatic rings. The molecule has 0 unspecified atom stereocenters. The molecule has 0 bridgehead atoms. The predicted octanol–water partition coefficient (Wildman–Crippen LogP) is 5.68. The van der Waals surface area contributed by atoms with E-state index in [1.165, 1.54) is 0 Å². The second-order valence-corrected chi connectivity index (χ2v) is 7.57. The molecule has 162 valence electrons. The number of anilines is 1. The van der Waals surface area contributed by atoms with E-state index in [4.69, 9.17) is 9.47 Å². The quantitative estimate of drug-likeness (QED) is 0.288. The fraction of sp³-hybridized carbons (Fsp3) is 0.185. The zero-order chi connectivity index (χ0) is 22.7. The number of carbonyl (C=O) groups excluding carboxylic acids is 2. The van der Waals surface area contributed by atoms with Crippen LogP contribution in [0.3, 0.4) is 0 Å². The second kappa shape index (κ2) is 9.10. The minimum atomic E-state index is -0.448. The van der Waals surface area contributed by atoms with Crippen molar-refractivity contribution in [3.05, 3.63) is 94.7 Å². The van der Waals surface area contributed by atoms with Gasteiger partial charge in [-0.25, -0.2) is 4.79 Å². The second-order valence-electron chi connectivity index (χ2n) is 7.57. The van der Waals surface area contributed by atoms with Crippen molar-refractivity contribution >= 4 is 23.5 Å². The molecule has 1 aliphatic heterocycles. The lowest BCUT2D eigenvalue weighted by atomic mass is 10.1. The molecular weight excluding hydrogens is 402 g/mol. The van der Waals surface area contributed by atoms with Gasteiger partial charge in [0.1, 0.15) is 11.5 Å². The third-order valence-corrected chi connectivity index (χ3v) is 5.54. The van der Waals surface area contributed by atoms with E-state index in [1.54, 1.807) is 36.4 Å². The van der Waals surface area contributed by atoms with E-state index in [1.807, 2.05) is 43.3 Å². The van der Waals surface area contributed by atoms with Crippen molar-refractivity contribution in [3.63, 3.8) is 0 Å². The van der Waals surface area contributed by atoms with Crippen LogP contribution >= 0.6 is 0 Å². The molecule has 0 saturated heterocycles. The summed E-state index contributed by atoms with van der Waals surface area (Å²) in [7, 11) is 0. The molecular formula is C27H25NO4. The van der Waals surface area contributed by atoms with E-state index in [0.717, 1.165) is 29.9 Å². The Morgan fingerprint density at radius 1 is 1.00 bits per heavy atom. The molecule has 0 atom stereocenters. The number of rotatable bonds is 6. The van der Waals surface area contributed by atoms with E-state index in [9.17, 15) is 9.59 Å². The Bertz CT molecular complexity index is 1190. The van der Waals surface area contributed by atoms with Crippen LogP contribution in [0, 0.1) is 6.92 Å². The summed E-state index contributed by atoms with van der Waals surface area (Å²) in [5, 5.41) is 0. The zero-order valence-electron chi connectivity index (χ0n) is 18.4. The average molecular weight is 428 g/mol. The first-order valence-corrected chi connectivity index (χ1v) is 10.7. The molecule has 4 rings (SSSR count). The minimum Gasteiger partial charge on any atom is -0.452 e. The maximum atomic E-state index is 12.8. The largest absolute Gasteiger partial charge is 0.452 e. The maximum Gasteiger partial charge on any atom is 0.343 e. The van der Waals surface area contributed by atoms with Crippen molar-refractivity contribution in [2.75, 3.05) is 18.0 Å². The van der Waals surface area contributed by atoms with E-state index < -0.39 is 5.97 Å². The lowest BCUT2D eigenvalue weighted by Gasteiger charge is -2.20. The third-order valence-electron chi connectivity index (χ3n) is 5.54. The van der Waals surface area contributed by atoms with E-state index in [0.29, 0.717) is 22.6 Å². The van der Waals surface area contributed by atoms with Crippen LogP contribution in [0.25, 0.3) is 6.08 Å². The van der Waals surface area contributed by atoms with Gasteiger partial charge >= 0.3 is 5.97 Å². The van der Waals surface area contributed by atoms with Gasteiger partial charge in [-0.2, -0.15) is 0 Å². The fourth-order valence-electron chi connectivity index (χ4n) is 3.72. The number of benzene rings is 3. The molecule has 32 heavy (non-hydrogen) atoms. The Kier molecular flexibility index (Phi) is 6.08. The van der Waals surface area contributed by atoms with Crippen LogP contribution in [0.5, 0.6) is 11.5 Å². The SMILES string of the molecule is CCN(CC)c1ccc(/C=C2\Oc3cc(OC(=O)c4ccccc4C)ccc3C2=O)cc1. The molecule has 0 N–H and O–H groups in total. The lowest BCUT2D eigenvalue weighted by molar-refractivity contribution is 0.0733. The van der Waals surface area contributed by atoms with Crippen molar-refractivity contribution in [2.24, 2.45) is 0 Å². The number of aryl methyl sites for hydroxylation is 1. The Hall–Kier alpha value is -3.86. The molecule has 5 heteroatoms. The normalized spacial score (nSPS) is 13.6. The molecule has 3 aromatic carbocycles. The number of fused-ring (bicyclic) bond motifs is 1. The van der Waals surface area contributed by atoms with Crippen molar-refractivity contribution < 1.29 is 19.1 Å². The van der Waals surface area contributed by atoms with E-state index in [2.05, 4.69) is 18.7 Å². The van der Waals surface area contributed by atoms with Gasteiger partial charge in [-0.1, -0.05) is 30.3 Å². The van der Waals surface area contributed by atoms with Gasteiger partial charge in [-0.15, -0.1) is 0 Å². The van der Waals surface area contributed by atoms with Crippen LogP contribution in [0.1, 0.15) is 45.7 Å². The number of nitrogens with zero attached hydrogens (tertiary/aromatic N) is 1. The monoisotopic (exact) mass is 427 g/mol. The van der Waals surface area contributed by atoms with Crippen LogP contribution in [0.15, 0.2) is 72.5 Å². The number of carbonyl (C=O) groups is 2. The van der Waals surface area contributed by atoms with Crippen molar-refractivity contribution in [3.8, 4) is 11.5 Å². The summed E-state index contributed by atoms with van der Waals surface area (Å²) in [6.45, 7) is 7.96. The standard InChI is InChI=1S/C27H25NO4/c1-4-28(5-2)20-12-10-19(11-13-20)16-25-26(29)23-15-14-21(17-24(23)32-25)31-27(30)22-9-7-6-8-18(22)3/h6-17H,4-5H2,1-3H3/b25-16-. The van der Waals surface area contributed by atoms with Crippen LogP contribution in [0.4, 0.5) is 5.69 Å². The number of ketones is 1. The highest BCUT2D eigenvalue weighted by atomic mass is 16.5. The average Bonchev–Trinajstić information content (AvgIpc) is 3.10. The van der Waals surface area contributed by atoms with Crippen LogP contribution in [-0.4, -0.2) is 24.8 Å². The van der Waals surface area contributed by atoms with Crippen molar-refractivity contribution in [2.45, 2.75) is 20.8 Å². The molecule has 0 radical (unpaired) electrons.